The summed E-state index contributed by atoms with van der Waals surface area (Å²) in [6, 6.07) is 65.0. The van der Waals surface area contributed by atoms with Crippen LogP contribution < -0.4 is 4.90 Å². The highest BCUT2D eigenvalue weighted by Crippen LogP contribution is 2.40. The zero-order valence-corrected chi connectivity index (χ0v) is 27.8. The van der Waals surface area contributed by atoms with Crippen LogP contribution in [-0.2, 0) is 0 Å². The predicted octanol–water partition coefficient (Wildman–Crippen LogP) is 13.0. The maximum Gasteiger partial charge on any atom is 0.0651 e. The van der Waals surface area contributed by atoms with Gasteiger partial charge in [0.1, 0.15) is 0 Å². The van der Waals surface area contributed by atoms with Crippen LogP contribution >= 0.6 is 0 Å². The summed E-state index contributed by atoms with van der Waals surface area (Å²) in [5.74, 6) is 0. The third-order valence-corrected chi connectivity index (χ3v) is 9.95. The van der Waals surface area contributed by atoms with E-state index >= 15 is 0 Å². The van der Waals surface area contributed by atoms with Crippen LogP contribution in [0.25, 0.3) is 66.1 Å². The molecule has 0 saturated carbocycles. The predicted molar refractivity (Wildman–Crippen MR) is 220 cm³/mol. The largest absolute Gasteiger partial charge is 0.309 e. The zero-order chi connectivity index (χ0) is 33.7. The van der Waals surface area contributed by atoms with Crippen LogP contribution in [-0.4, -0.2) is 14.1 Å². The molecule has 0 aliphatic carbocycles. The number of hydrogen-bond donors (Lipinski definition) is 0. The van der Waals surface area contributed by atoms with Crippen molar-refractivity contribution in [2.24, 2.45) is 0 Å². The Bertz CT molecular complexity index is 2760. The van der Waals surface area contributed by atoms with Crippen LogP contribution in [0.3, 0.4) is 0 Å². The molecule has 4 heteroatoms. The van der Waals surface area contributed by atoms with Crippen molar-refractivity contribution in [2.45, 2.75) is 7.43 Å². The van der Waals surface area contributed by atoms with E-state index in [1.54, 1.807) is 0 Å². The van der Waals surface area contributed by atoms with Gasteiger partial charge in [-0.05, 0) is 90.5 Å². The van der Waals surface area contributed by atoms with Gasteiger partial charge in [-0.25, -0.2) is 0 Å². The highest BCUT2D eigenvalue weighted by molar-refractivity contribution is 6.13. The van der Waals surface area contributed by atoms with Gasteiger partial charge in [0, 0.05) is 56.1 Å². The maximum absolute atomic E-state index is 4.78. The maximum atomic E-state index is 4.78. The highest BCUT2D eigenvalue weighted by atomic mass is 15.1. The summed E-state index contributed by atoms with van der Waals surface area (Å²) in [6.45, 7) is 0. The minimum atomic E-state index is 0. The highest BCUT2D eigenvalue weighted by Gasteiger charge is 2.18. The van der Waals surface area contributed by atoms with Crippen molar-refractivity contribution in [3.05, 3.63) is 194 Å². The summed E-state index contributed by atoms with van der Waals surface area (Å²) >= 11 is 0. The molecule has 0 unspecified atom stereocenters. The van der Waals surface area contributed by atoms with Crippen molar-refractivity contribution in [3.63, 3.8) is 0 Å². The fraction of sp³-hybridized carbons (Fsp3) is 0.0208. The van der Waals surface area contributed by atoms with Crippen LogP contribution in [0.5, 0.6) is 0 Å². The number of pyridine rings is 1. The molecule has 10 rings (SSSR count). The van der Waals surface area contributed by atoms with E-state index in [0.29, 0.717) is 0 Å². The van der Waals surface area contributed by atoms with Gasteiger partial charge < -0.3 is 14.0 Å². The first-order valence-electron chi connectivity index (χ1n) is 17.3. The summed E-state index contributed by atoms with van der Waals surface area (Å²) in [5.41, 5.74) is 12.4. The summed E-state index contributed by atoms with van der Waals surface area (Å²) < 4.78 is 4.78. The van der Waals surface area contributed by atoms with E-state index in [2.05, 4.69) is 196 Å². The van der Waals surface area contributed by atoms with Crippen molar-refractivity contribution in [2.75, 3.05) is 4.90 Å². The molecule has 0 spiro atoms. The van der Waals surface area contributed by atoms with Crippen molar-refractivity contribution < 1.29 is 0 Å². The number of aromatic nitrogens is 3. The Morgan fingerprint density at radius 2 is 0.846 bits per heavy atom. The quantitative estimate of drug-likeness (QED) is 0.176. The van der Waals surface area contributed by atoms with Crippen molar-refractivity contribution in [3.8, 4) is 22.5 Å². The van der Waals surface area contributed by atoms with E-state index < -0.39 is 0 Å². The molecule has 0 fully saturated rings. The summed E-state index contributed by atoms with van der Waals surface area (Å²) in [4.78, 5) is 7.04. The molecule has 3 aromatic heterocycles. The molecule has 248 valence electrons. The van der Waals surface area contributed by atoms with Crippen LogP contribution in [0.1, 0.15) is 7.43 Å². The Morgan fingerprint density at radius 3 is 1.48 bits per heavy atom. The minimum Gasteiger partial charge on any atom is -0.309 e. The molecule has 0 aliphatic heterocycles. The lowest BCUT2D eigenvalue weighted by molar-refractivity contribution is 1.16. The summed E-state index contributed by atoms with van der Waals surface area (Å²) in [6.07, 6.45) is 3.92. The number of benzene rings is 7. The van der Waals surface area contributed by atoms with Gasteiger partial charge in [0.15, 0.2) is 0 Å². The Morgan fingerprint density at radius 1 is 0.346 bits per heavy atom. The number of fused-ring (bicyclic) bond motifs is 6. The first-order valence-corrected chi connectivity index (χ1v) is 17.3. The van der Waals surface area contributed by atoms with Gasteiger partial charge in [-0.3, -0.25) is 4.98 Å². The Labute approximate surface area is 303 Å². The van der Waals surface area contributed by atoms with Gasteiger partial charge in [-0.15, -0.1) is 0 Å². The Kier molecular flexibility index (Phi) is 7.63. The van der Waals surface area contributed by atoms with Crippen molar-refractivity contribution >= 4 is 60.7 Å². The van der Waals surface area contributed by atoms with E-state index in [0.717, 1.165) is 39.6 Å². The molecule has 0 amide bonds. The minimum absolute atomic E-state index is 0. The third-order valence-electron chi connectivity index (χ3n) is 9.95. The van der Waals surface area contributed by atoms with Crippen LogP contribution in [0.4, 0.5) is 17.1 Å². The van der Waals surface area contributed by atoms with Gasteiger partial charge in [0.25, 0.3) is 0 Å². The summed E-state index contributed by atoms with van der Waals surface area (Å²) in [7, 11) is 0. The molecule has 0 aliphatic rings. The number of anilines is 3. The van der Waals surface area contributed by atoms with E-state index in [4.69, 9.17) is 4.98 Å². The smallest absolute Gasteiger partial charge is 0.0651 e. The monoisotopic (exact) mass is 668 g/mol. The number of hydrogen-bond acceptors (Lipinski definition) is 2. The molecule has 10 aromatic rings. The van der Waals surface area contributed by atoms with Gasteiger partial charge >= 0.3 is 0 Å². The van der Waals surface area contributed by atoms with Crippen LogP contribution in [0.2, 0.25) is 0 Å². The van der Waals surface area contributed by atoms with E-state index in [1.165, 1.54) is 43.6 Å². The fourth-order valence-corrected chi connectivity index (χ4v) is 7.70. The fourth-order valence-electron chi connectivity index (χ4n) is 7.70. The average Bonchev–Trinajstić information content (AvgIpc) is 3.71. The second-order valence-electron chi connectivity index (χ2n) is 12.9. The van der Waals surface area contributed by atoms with Gasteiger partial charge in [0.05, 0.1) is 34.0 Å². The zero-order valence-electron chi connectivity index (χ0n) is 27.8. The van der Waals surface area contributed by atoms with E-state index in [9.17, 15) is 0 Å². The molecule has 4 nitrogen and oxygen atoms in total. The second-order valence-corrected chi connectivity index (χ2v) is 12.9. The molecule has 0 bridgehead atoms. The molecular formula is C48H36N4. The lowest BCUT2D eigenvalue weighted by atomic mass is 10.0. The second kappa shape index (κ2) is 12.8. The summed E-state index contributed by atoms with van der Waals surface area (Å²) in [5, 5.41) is 4.92. The van der Waals surface area contributed by atoms with Gasteiger partial charge in [0.2, 0.25) is 0 Å². The topological polar surface area (TPSA) is 26.0 Å². The standard InChI is InChI=1S/C47H32N4.CH4/c1-4-14-35(15-5-1)49(36-16-6-2-7-17-36)39-28-34(31-48-32-39)33-24-26-46-42(29-33)43-30-38(25-27-47(43)50(46)37-18-8-3-9-19-37)51-44-22-12-10-20-40(44)41-21-11-13-23-45(41)51;/h1-32H;1H4. The van der Waals surface area contributed by atoms with Crippen LogP contribution in [0, 0.1) is 0 Å². The lowest BCUT2D eigenvalue weighted by Crippen LogP contribution is -2.10. The molecule has 3 heterocycles. The van der Waals surface area contributed by atoms with E-state index in [1.807, 2.05) is 12.4 Å². The van der Waals surface area contributed by atoms with Crippen molar-refractivity contribution in [1.29, 1.82) is 0 Å². The Balaban J connectivity index is 0.00000360. The van der Waals surface area contributed by atoms with Crippen LogP contribution in [0.15, 0.2) is 194 Å². The molecule has 0 radical (unpaired) electrons. The molecule has 0 saturated heterocycles. The van der Waals surface area contributed by atoms with Gasteiger partial charge in [-0.2, -0.15) is 0 Å². The Hall–Kier alpha value is -6.91. The average molecular weight is 669 g/mol. The molecule has 7 aromatic carbocycles. The van der Waals surface area contributed by atoms with Gasteiger partial charge in [-0.1, -0.05) is 104 Å². The number of rotatable bonds is 6. The first kappa shape index (κ1) is 31.1. The molecular weight excluding hydrogens is 633 g/mol. The van der Waals surface area contributed by atoms with Crippen molar-refractivity contribution in [1.82, 2.24) is 14.1 Å². The number of nitrogens with zero attached hydrogens (tertiary/aromatic N) is 4. The normalized spacial score (nSPS) is 11.3. The molecule has 0 N–H and O–H groups in total. The molecule has 52 heavy (non-hydrogen) atoms. The third kappa shape index (κ3) is 5.04. The SMILES string of the molecule is C.c1ccc(N(c2ccccc2)c2cncc(-c3ccc4c(c3)c3cc(-n5c6ccccc6c6ccccc65)ccc3n4-c3ccccc3)c2)cc1. The molecule has 0 atom stereocenters. The first-order chi connectivity index (χ1) is 25.3. The van der Waals surface area contributed by atoms with E-state index in [-0.39, 0.29) is 7.43 Å². The lowest BCUT2D eigenvalue weighted by Gasteiger charge is -2.25. The number of para-hydroxylation sites is 5.